The van der Waals surface area contributed by atoms with Crippen LogP contribution in [0.4, 0.5) is 4.39 Å². The van der Waals surface area contributed by atoms with Crippen molar-refractivity contribution < 1.29 is 8.81 Å². The molecule has 0 aliphatic heterocycles. The van der Waals surface area contributed by atoms with E-state index in [9.17, 15) is 4.39 Å². The first-order chi connectivity index (χ1) is 14.2. The van der Waals surface area contributed by atoms with Gasteiger partial charge in [0.15, 0.2) is 0 Å². The molecule has 0 bridgehead atoms. The Morgan fingerprint density at radius 1 is 1.00 bits per heavy atom. The number of hydrogen-bond acceptors (Lipinski definition) is 7. The Labute approximate surface area is 172 Å². The van der Waals surface area contributed by atoms with Crippen LogP contribution >= 0.6 is 23.4 Å². The highest BCUT2D eigenvalue weighted by Gasteiger charge is 2.15. The van der Waals surface area contributed by atoms with Crippen molar-refractivity contribution in [1.29, 1.82) is 0 Å². The highest BCUT2D eigenvalue weighted by Crippen LogP contribution is 2.31. The summed E-state index contributed by atoms with van der Waals surface area (Å²) < 4.78 is 20.9. The van der Waals surface area contributed by atoms with Crippen molar-refractivity contribution in [2.24, 2.45) is 0 Å². The predicted molar refractivity (Wildman–Crippen MR) is 105 cm³/mol. The fourth-order valence-corrected chi connectivity index (χ4v) is 3.60. The molecule has 0 unspecified atom stereocenters. The summed E-state index contributed by atoms with van der Waals surface area (Å²) in [5, 5.41) is 14.0. The van der Waals surface area contributed by atoms with Gasteiger partial charge < -0.3 is 4.42 Å². The Balaban J connectivity index is 1.52. The monoisotopic (exact) mass is 424 g/mol. The first-order valence-corrected chi connectivity index (χ1v) is 9.59. The minimum atomic E-state index is -0.343. The molecule has 7 nitrogen and oxygen atoms in total. The van der Waals surface area contributed by atoms with Gasteiger partial charge in [-0.25, -0.2) is 9.37 Å². The number of benzene rings is 2. The summed E-state index contributed by atoms with van der Waals surface area (Å²) in [6.45, 7) is 0. The number of nitrogens with zero attached hydrogens (tertiary/aromatic N) is 6. The Morgan fingerprint density at radius 2 is 1.86 bits per heavy atom. The second kappa shape index (κ2) is 7.26. The Kier molecular flexibility index (Phi) is 4.45. The molecule has 0 aliphatic rings. The molecule has 0 spiro atoms. The van der Waals surface area contributed by atoms with Gasteiger partial charge in [-0.15, -0.1) is 10.2 Å². The maximum absolute atomic E-state index is 13.6. The lowest BCUT2D eigenvalue weighted by atomic mass is 10.1. The molecule has 29 heavy (non-hydrogen) atoms. The van der Waals surface area contributed by atoms with Gasteiger partial charge in [0.1, 0.15) is 17.2 Å². The summed E-state index contributed by atoms with van der Waals surface area (Å²) in [4.78, 5) is 8.59. The second-order valence-corrected chi connectivity index (χ2v) is 7.35. The Bertz CT molecular complexity index is 1320. The van der Waals surface area contributed by atoms with Crippen molar-refractivity contribution in [3.05, 3.63) is 71.8 Å². The summed E-state index contributed by atoms with van der Waals surface area (Å²) in [6.07, 6.45) is 1.40. The molecule has 0 aliphatic carbocycles. The van der Waals surface area contributed by atoms with E-state index in [4.69, 9.17) is 16.0 Å². The molecular weight excluding hydrogens is 415 g/mol. The molecule has 5 rings (SSSR count). The largest absolute Gasteiger partial charge is 0.411 e. The Morgan fingerprint density at radius 3 is 2.69 bits per heavy atom. The molecule has 0 N–H and O–H groups in total. The number of rotatable bonds is 4. The lowest BCUT2D eigenvalue weighted by molar-refractivity contribution is 0.465. The van der Waals surface area contributed by atoms with E-state index in [-0.39, 0.29) is 5.82 Å². The van der Waals surface area contributed by atoms with Gasteiger partial charge in [-0.2, -0.15) is 14.6 Å². The van der Waals surface area contributed by atoms with Crippen molar-refractivity contribution in [2.75, 3.05) is 0 Å². The normalized spacial score (nSPS) is 11.2. The van der Waals surface area contributed by atoms with Crippen LogP contribution in [0, 0.1) is 5.82 Å². The van der Waals surface area contributed by atoms with Gasteiger partial charge in [-0.05, 0) is 54.2 Å². The van der Waals surface area contributed by atoms with E-state index in [1.54, 1.807) is 47.0 Å². The van der Waals surface area contributed by atoms with E-state index < -0.39 is 0 Å². The van der Waals surface area contributed by atoms with E-state index in [0.29, 0.717) is 38.2 Å². The third-order valence-electron chi connectivity index (χ3n) is 4.03. The van der Waals surface area contributed by atoms with Crippen molar-refractivity contribution in [2.45, 2.75) is 10.2 Å². The van der Waals surface area contributed by atoms with Gasteiger partial charge >= 0.3 is 0 Å². The second-order valence-electron chi connectivity index (χ2n) is 5.94. The van der Waals surface area contributed by atoms with E-state index >= 15 is 0 Å². The topological polar surface area (TPSA) is 82.0 Å². The fraction of sp³-hybridized carbons (Fsp3) is 0. The van der Waals surface area contributed by atoms with Crippen LogP contribution in [0.15, 0.2) is 75.6 Å². The van der Waals surface area contributed by atoms with Crippen LogP contribution in [0.2, 0.25) is 5.02 Å². The van der Waals surface area contributed by atoms with Crippen molar-refractivity contribution in [3.63, 3.8) is 0 Å². The molecule has 2 aromatic carbocycles. The third-order valence-corrected chi connectivity index (χ3v) is 5.12. The van der Waals surface area contributed by atoms with E-state index in [1.165, 1.54) is 30.2 Å². The lowest BCUT2D eigenvalue weighted by Gasteiger charge is -2.05. The zero-order valence-corrected chi connectivity index (χ0v) is 16.1. The van der Waals surface area contributed by atoms with Crippen LogP contribution in [0.1, 0.15) is 0 Å². The molecule has 10 heteroatoms. The molecule has 5 aromatic rings. The number of hydrogen-bond donors (Lipinski definition) is 0. The molecule has 3 aromatic heterocycles. The first kappa shape index (κ1) is 17.8. The summed E-state index contributed by atoms with van der Waals surface area (Å²) in [7, 11) is 0. The molecule has 142 valence electrons. The fourth-order valence-electron chi connectivity index (χ4n) is 2.70. The summed E-state index contributed by atoms with van der Waals surface area (Å²) in [5.74, 6) is 0.412. The van der Waals surface area contributed by atoms with Crippen molar-refractivity contribution in [3.8, 4) is 22.7 Å². The highest BCUT2D eigenvalue weighted by molar-refractivity contribution is 7.99. The van der Waals surface area contributed by atoms with Gasteiger partial charge in [0.2, 0.25) is 5.89 Å². The minimum Gasteiger partial charge on any atom is -0.411 e. The highest BCUT2D eigenvalue weighted by atomic mass is 35.5. The molecule has 0 atom stereocenters. The molecule has 0 radical (unpaired) electrons. The van der Waals surface area contributed by atoms with E-state index in [1.807, 2.05) is 0 Å². The van der Waals surface area contributed by atoms with E-state index in [0.717, 1.165) is 5.56 Å². The van der Waals surface area contributed by atoms with Crippen LogP contribution in [0.3, 0.4) is 0 Å². The average molecular weight is 425 g/mol. The predicted octanol–water partition coefficient (Wildman–Crippen LogP) is 4.79. The van der Waals surface area contributed by atoms with Crippen molar-refractivity contribution in [1.82, 2.24) is 29.8 Å². The van der Waals surface area contributed by atoms with Gasteiger partial charge in [-0.3, -0.25) is 0 Å². The summed E-state index contributed by atoms with van der Waals surface area (Å²) in [6, 6.07) is 15.1. The first-order valence-electron chi connectivity index (χ1n) is 8.40. The maximum Gasteiger partial charge on any atom is 0.283 e. The minimum absolute atomic E-state index is 0.322. The number of halogens is 2. The molecule has 3 heterocycles. The molecular formula is C19H10ClFN6OS. The number of aromatic nitrogens is 6. The van der Waals surface area contributed by atoms with Crippen molar-refractivity contribution >= 4 is 29.1 Å². The van der Waals surface area contributed by atoms with Gasteiger partial charge in [0.05, 0.1) is 5.69 Å². The van der Waals surface area contributed by atoms with Crippen LogP contribution < -0.4 is 0 Å². The third kappa shape index (κ3) is 3.57. The quantitative estimate of drug-likeness (QED) is 0.384. The molecule has 0 saturated carbocycles. The van der Waals surface area contributed by atoms with Gasteiger partial charge in [0.25, 0.3) is 11.0 Å². The maximum atomic E-state index is 13.6. The van der Waals surface area contributed by atoms with E-state index in [2.05, 4.69) is 25.3 Å². The number of fused-ring (bicyclic) bond motifs is 1. The average Bonchev–Trinajstić information content (AvgIpc) is 3.38. The molecule has 0 saturated heterocycles. The zero-order valence-electron chi connectivity index (χ0n) is 14.5. The summed E-state index contributed by atoms with van der Waals surface area (Å²) in [5.41, 5.74) is 1.95. The lowest BCUT2D eigenvalue weighted by Crippen LogP contribution is -1.97. The molecule has 0 amide bonds. The van der Waals surface area contributed by atoms with Crippen LogP contribution in [0.25, 0.3) is 28.5 Å². The Hall–Kier alpha value is -3.30. The van der Waals surface area contributed by atoms with Crippen LogP contribution in [-0.4, -0.2) is 29.8 Å². The van der Waals surface area contributed by atoms with Crippen LogP contribution in [0.5, 0.6) is 0 Å². The smallest absolute Gasteiger partial charge is 0.283 e. The van der Waals surface area contributed by atoms with Gasteiger partial charge in [0, 0.05) is 16.1 Å². The molecule has 0 fully saturated rings. The van der Waals surface area contributed by atoms with Gasteiger partial charge in [-0.1, -0.05) is 23.7 Å². The standard InChI is InChI=1S/C19H10ClFN6OS/c20-13-6-4-11(5-7-13)17-25-26-19(28-17)29-16-9-15(12-2-1-3-14(21)8-12)24-18-22-10-23-27(16)18/h1-10H. The zero-order chi connectivity index (χ0) is 19.8. The summed E-state index contributed by atoms with van der Waals surface area (Å²) >= 11 is 7.13. The van der Waals surface area contributed by atoms with Crippen LogP contribution in [-0.2, 0) is 0 Å². The SMILES string of the molecule is Fc1cccc(-c2cc(Sc3nnc(-c4ccc(Cl)cc4)o3)n3ncnc3n2)c1.